The first-order chi connectivity index (χ1) is 16.0. The number of aliphatic hydroxyl groups excluding tert-OH is 1. The molecule has 2 aromatic rings. The third-order valence-electron chi connectivity index (χ3n) is 5.22. The van der Waals surface area contributed by atoms with Crippen molar-refractivity contribution in [1.29, 1.82) is 0 Å². The van der Waals surface area contributed by atoms with Gasteiger partial charge in [0.2, 0.25) is 0 Å². The van der Waals surface area contributed by atoms with Crippen LogP contribution in [-0.2, 0) is 14.3 Å². The molecule has 1 aliphatic rings. The predicted octanol–water partition coefficient (Wildman–Crippen LogP) is 4.11. The van der Waals surface area contributed by atoms with Crippen LogP contribution in [0.1, 0.15) is 30.5 Å². The summed E-state index contributed by atoms with van der Waals surface area (Å²) in [6.45, 7) is 6.99. The fraction of sp³-hybridized carbons (Fsp3) is 0.308. The Morgan fingerprint density at radius 3 is 2.52 bits per heavy atom. The highest BCUT2D eigenvalue weighted by atomic mass is 16.5. The number of aliphatic hydroxyl groups is 1. The van der Waals surface area contributed by atoms with Crippen molar-refractivity contribution in [3.63, 3.8) is 0 Å². The van der Waals surface area contributed by atoms with E-state index in [1.807, 2.05) is 6.92 Å². The molecule has 0 bridgehead atoms. The monoisotopic (exact) mass is 451 g/mol. The standard InChI is InChI=1S/C26H29NO6/c1-4-14-32-20-11-9-18(10-12-20)23-22(25(29)26(30)27(23)13-16-31-3)24(28)19-7-6-8-21(17-19)33-15-5-2/h4,6-12,17,23,28H,1,5,13-16H2,2-3H3/b24-22+. The smallest absolute Gasteiger partial charge is 0.295 e. The van der Waals surface area contributed by atoms with Gasteiger partial charge >= 0.3 is 0 Å². The number of hydrogen-bond acceptors (Lipinski definition) is 6. The van der Waals surface area contributed by atoms with Gasteiger partial charge in [-0.1, -0.05) is 43.8 Å². The van der Waals surface area contributed by atoms with Crippen LogP contribution in [0.3, 0.4) is 0 Å². The van der Waals surface area contributed by atoms with Crippen molar-refractivity contribution >= 4 is 17.4 Å². The van der Waals surface area contributed by atoms with Crippen molar-refractivity contribution in [3.8, 4) is 11.5 Å². The Bertz CT molecular complexity index is 1030. The molecule has 1 fully saturated rings. The Hall–Kier alpha value is -3.58. The molecule has 1 aliphatic heterocycles. The average Bonchev–Trinajstić information content (AvgIpc) is 3.09. The molecule has 7 nitrogen and oxygen atoms in total. The van der Waals surface area contributed by atoms with E-state index in [9.17, 15) is 14.7 Å². The number of ketones is 1. The number of benzene rings is 2. The van der Waals surface area contributed by atoms with E-state index in [2.05, 4.69) is 6.58 Å². The zero-order valence-electron chi connectivity index (χ0n) is 19.0. The number of Topliss-reactive ketones (excluding diaryl/α,β-unsaturated/α-hetero) is 1. The number of hydrogen-bond donors (Lipinski definition) is 1. The number of likely N-dealkylation sites (tertiary alicyclic amines) is 1. The number of nitrogens with zero attached hydrogens (tertiary/aromatic N) is 1. The number of ether oxygens (including phenoxy) is 3. The van der Waals surface area contributed by atoms with E-state index in [4.69, 9.17) is 14.2 Å². The van der Waals surface area contributed by atoms with E-state index in [0.29, 0.717) is 35.8 Å². The normalized spacial score (nSPS) is 17.3. The molecule has 1 heterocycles. The summed E-state index contributed by atoms with van der Waals surface area (Å²) in [5.74, 6) is -0.445. The first-order valence-electron chi connectivity index (χ1n) is 10.9. The maximum Gasteiger partial charge on any atom is 0.295 e. The first-order valence-corrected chi connectivity index (χ1v) is 10.9. The second-order valence-electron chi connectivity index (χ2n) is 7.53. The van der Waals surface area contributed by atoms with Crippen LogP contribution >= 0.6 is 0 Å². The highest BCUT2D eigenvalue weighted by Gasteiger charge is 2.45. The molecule has 0 aromatic heterocycles. The molecule has 174 valence electrons. The lowest BCUT2D eigenvalue weighted by Gasteiger charge is -2.25. The minimum Gasteiger partial charge on any atom is -0.507 e. The van der Waals surface area contributed by atoms with Gasteiger partial charge in [0.05, 0.1) is 24.8 Å². The summed E-state index contributed by atoms with van der Waals surface area (Å²) in [6, 6.07) is 13.2. The molecule has 2 aromatic carbocycles. The Morgan fingerprint density at radius 1 is 1.09 bits per heavy atom. The molecular formula is C26H29NO6. The molecule has 0 saturated carbocycles. The van der Waals surface area contributed by atoms with E-state index in [1.54, 1.807) is 54.6 Å². The van der Waals surface area contributed by atoms with Gasteiger partial charge in [-0.25, -0.2) is 0 Å². The van der Waals surface area contributed by atoms with Crippen LogP contribution in [0.5, 0.6) is 11.5 Å². The summed E-state index contributed by atoms with van der Waals surface area (Å²) in [4.78, 5) is 27.3. The summed E-state index contributed by atoms with van der Waals surface area (Å²) in [6.07, 6.45) is 2.49. The Kier molecular flexibility index (Phi) is 8.27. The van der Waals surface area contributed by atoms with E-state index in [-0.39, 0.29) is 24.5 Å². The quantitative estimate of drug-likeness (QED) is 0.240. The minimum absolute atomic E-state index is 0.0310. The second kappa shape index (κ2) is 11.3. The predicted molar refractivity (Wildman–Crippen MR) is 125 cm³/mol. The van der Waals surface area contributed by atoms with E-state index < -0.39 is 17.7 Å². The van der Waals surface area contributed by atoms with Gasteiger partial charge in [-0.3, -0.25) is 9.59 Å². The second-order valence-corrected chi connectivity index (χ2v) is 7.53. The van der Waals surface area contributed by atoms with Gasteiger partial charge in [0.1, 0.15) is 23.9 Å². The van der Waals surface area contributed by atoms with Crippen LogP contribution in [0.4, 0.5) is 0 Å². The Morgan fingerprint density at radius 2 is 1.85 bits per heavy atom. The van der Waals surface area contributed by atoms with Gasteiger partial charge in [0.15, 0.2) is 0 Å². The zero-order valence-corrected chi connectivity index (χ0v) is 19.0. The van der Waals surface area contributed by atoms with Gasteiger partial charge in [-0.05, 0) is 36.2 Å². The van der Waals surface area contributed by atoms with Crippen LogP contribution in [0.15, 0.2) is 66.8 Å². The van der Waals surface area contributed by atoms with Gasteiger partial charge < -0.3 is 24.2 Å². The third kappa shape index (κ3) is 5.43. The average molecular weight is 452 g/mol. The van der Waals surface area contributed by atoms with Crippen molar-refractivity contribution in [3.05, 3.63) is 77.9 Å². The Balaban J connectivity index is 2.05. The largest absolute Gasteiger partial charge is 0.507 e. The lowest BCUT2D eigenvalue weighted by molar-refractivity contribution is -0.140. The number of rotatable bonds is 11. The molecule has 1 amide bonds. The lowest BCUT2D eigenvalue weighted by Crippen LogP contribution is -2.32. The SMILES string of the molecule is C=CCOc1ccc(C2/C(=C(\O)c3cccc(OCCC)c3)C(=O)C(=O)N2CCOC)cc1. The summed E-state index contributed by atoms with van der Waals surface area (Å²) < 4.78 is 16.3. The highest BCUT2D eigenvalue weighted by Crippen LogP contribution is 2.40. The highest BCUT2D eigenvalue weighted by molar-refractivity contribution is 6.46. The molecule has 3 rings (SSSR count). The molecular weight excluding hydrogens is 422 g/mol. The summed E-state index contributed by atoms with van der Waals surface area (Å²) in [5.41, 5.74) is 1.11. The summed E-state index contributed by atoms with van der Waals surface area (Å²) >= 11 is 0. The van der Waals surface area contributed by atoms with E-state index >= 15 is 0 Å². The van der Waals surface area contributed by atoms with Crippen LogP contribution < -0.4 is 9.47 Å². The van der Waals surface area contributed by atoms with Crippen LogP contribution in [0, 0.1) is 0 Å². The van der Waals surface area contributed by atoms with Crippen molar-refractivity contribution in [2.45, 2.75) is 19.4 Å². The van der Waals surface area contributed by atoms with Crippen molar-refractivity contribution in [2.75, 3.05) is 33.5 Å². The third-order valence-corrected chi connectivity index (χ3v) is 5.22. The van der Waals surface area contributed by atoms with Crippen molar-refractivity contribution in [1.82, 2.24) is 4.90 Å². The molecule has 1 unspecified atom stereocenters. The van der Waals surface area contributed by atoms with Crippen molar-refractivity contribution in [2.24, 2.45) is 0 Å². The minimum atomic E-state index is -0.756. The molecule has 1 N–H and O–H groups in total. The summed E-state index contributed by atoms with van der Waals surface area (Å²) in [5, 5.41) is 11.2. The van der Waals surface area contributed by atoms with Gasteiger partial charge in [-0.2, -0.15) is 0 Å². The number of carbonyl (C=O) groups excluding carboxylic acids is 2. The van der Waals surface area contributed by atoms with Crippen molar-refractivity contribution < 1.29 is 28.9 Å². The maximum atomic E-state index is 13.0. The van der Waals surface area contributed by atoms with Gasteiger partial charge in [0, 0.05) is 19.2 Å². The van der Waals surface area contributed by atoms with E-state index in [1.165, 1.54) is 12.0 Å². The fourth-order valence-electron chi connectivity index (χ4n) is 3.66. The van der Waals surface area contributed by atoms with Crippen LogP contribution in [0.2, 0.25) is 0 Å². The number of methoxy groups -OCH3 is 1. The zero-order chi connectivity index (χ0) is 23.8. The van der Waals surface area contributed by atoms with E-state index in [0.717, 1.165) is 6.42 Å². The summed E-state index contributed by atoms with van der Waals surface area (Å²) in [7, 11) is 1.53. The maximum absolute atomic E-state index is 13.0. The molecule has 7 heteroatoms. The molecule has 1 saturated heterocycles. The Labute approximate surface area is 193 Å². The lowest BCUT2D eigenvalue weighted by atomic mass is 9.95. The topological polar surface area (TPSA) is 85.3 Å². The molecule has 1 atom stereocenters. The van der Waals surface area contributed by atoms with Gasteiger partial charge in [0.25, 0.3) is 11.7 Å². The number of amides is 1. The fourth-order valence-corrected chi connectivity index (χ4v) is 3.66. The number of carbonyl (C=O) groups is 2. The molecule has 0 spiro atoms. The molecule has 0 radical (unpaired) electrons. The first kappa shape index (κ1) is 24.1. The van der Waals surface area contributed by atoms with Gasteiger partial charge in [-0.15, -0.1) is 0 Å². The molecule has 0 aliphatic carbocycles. The van der Waals surface area contributed by atoms with Crippen LogP contribution in [-0.4, -0.2) is 55.2 Å². The van der Waals surface area contributed by atoms with Crippen LogP contribution in [0.25, 0.3) is 5.76 Å². The molecule has 33 heavy (non-hydrogen) atoms.